The van der Waals surface area contributed by atoms with Crippen molar-refractivity contribution in [3.8, 4) is 0 Å². The summed E-state index contributed by atoms with van der Waals surface area (Å²) in [5.41, 5.74) is 0. The topological polar surface area (TPSA) is 370 Å². The van der Waals surface area contributed by atoms with Crippen LogP contribution >= 0.6 is 0 Å². The Bertz CT molecular complexity index is 1430. The van der Waals surface area contributed by atoms with Gasteiger partial charge in [-0.25, -0.2) is 0 Å². The van der Waals surface area contributed by atoms with Gasteiger partial charge in [-0.3, -0.25) is 9.59 Å². The summed E-state index contributed by atoms with van der Waals surface area (Å²) >= 11 is 0. The van der Waals surface area contributed by atoms with Crippen LogP contribution in [0.15, 0.2) is 0 Å². The van der Waals surface area contributed by atoms with Crippen molar-refractivity contribution in [2.75, 3.05) is 19.8 Å². The van der Waals surface area contributed by atoms with E-state index in [-0.39, 0.29) is 6.61 Å². The van der Waals surface area contributed by atoms with E-state index in [9.17, 15) is 65.8 Å². The number of ether oxygens (including phenoxy) is 11. The average Bonchev–Trinajstić information content (AvgIpc) is 3.22. The molecule has 1 amide bonds. The summed E-state index contributed by atoms with van der Waals surface area (Å²) in [5, 5.41) is 122. The SMILES string of the molecule is CCCO[C@@H]1O[C@@H](C)[C@H](O)[C@@H](O)[C@H]1O[C@@H]1O[C@@H](C)[C@H](O)[C@@H](O[C@H]2O[C@H](CO)[C@@H](O)[C@H](O)[C@H]2O)[C@H]1O[C@@H]1O[C@H](CO)[C@@H](O)[C@H](O[C@@H]2O[C@@H](C)[C@H](O)[C@@H](OC(C)=O)[C@H]2O)[C@H]1NC(C)=O. The van der Waals surface area contributed by atoms with E-state index in [4.69, 9.17) is 52.1 Å². The maximum absolute atomic E-state index is 12.8. The van der Waals surface area contributed by atoms with Crippen LogP contribution in [-0.4, -0.2) is 241 Å². The van der Waals surface area contributed by atoms with Crippen molar-refractivity contribution < 1.29 is 118 Å². The number of nitrogens with one attached hydrogen (secondary N) is 1. The molecule has 12 N–H and O–H groups in total. The Morgan fingerprint density at radius 3 is 1.60 bits per heavy atom. The Hall–Kier alpha value is -1.90. The van der Waals surface area contributed by atoms with Gasteiger partial charge in [0.15, 0.2) is 37.6 Å². The third-order valence-corrected chi connectivity index (χ3v) is 11.3. The molecule has 0 unspecified atom stereocenters. The van der Waals surface area contributed by atoms with Gasteiger partial charge in [-0.15, -0.1) is 0 Å². The van der Waals surface area contributed by atoms with Gasteiger partial charge in [0.05, 0.1) is 31.5 Å². The number of esters is 1. The van der Waals surface area contributed by atoms with Crippen LogP contribution in [0.5, 0.6) is 0 Å². The maximum Gasteiger partial charge on any atom is 0.303 e. The lowest BCUT2D eigenvalue weighted by Crippen LogP contribution is -2.70. The zero-order chi connectivity index (χ0) is 45.9. The number of amides is 1. The minimum absolute atomic E-state index is 0.114. The average molecular weight is 906 g/mol. The third kappa shape index (κ3) is 11.2. The van der Waals surface area contributed by atoms with Crippen molar-refractivity contribution in [2.24, 2.45) is 0 Å². The molecule has 5 fully saturated rings. The van der Waals surface area contributed by atoms with Crippen molar-refractivity contribution in [1.82, 2.24) is 5.32 Å². The summed E-state index contributed by atoms with van der Waals surface area (Å²) in [5.74, 6) is -1.63. The lowest BCUT2D eigenvalue weighted by Gasteiger charge is -2.51. The number of carbonyl (C=O) groups is 2. The monoisotopic (exact) mass is 905 g/mol. The van der Waals surface area contributed by atoms with Gasteiger partial charge in [-0.05, 0) is 27.2 Å². The first-order chi connectivity index (χ1) is 29.2. The summed E-state index contributed by atoms with van der Waals surface area (Å²) in [6.07, 6.45) is -39.0. The summed E-state index contributed by atoms with van der Waals surface area (Å²) < 4.78 is 64.9. The van der Waals surface area contributed by atoms with E-state index in [2.05, 4.69) is 5.32 Å². The normalized spacial score (nSPS) is 49.0. The van der Waals surface area contributed by atoms with Gasteiger partial charge in [-0.2, -0.15) is 0 Å². The first kappa shape index (κ1) is 51.1. The molecule has 0 aromatic carbocycles. The van der Waals surface area contributed by atoms with Crippen LogP contribution in [-0.2, 0) is 61.7 Å². The van der Waals surface area contributed by atoms with Gasteiger partial charge in [0.2, 0.25) is 5.91 Å². The fraction of sp³-hybridized carbons (Fsp3) is 0.946. The summed E-state index contributed by atoms with van der Waals surface area (Å²) in [7, 11) is 0. The quantitative estimate of drug-likeness (QED) is 0.0680. The minimum Gasteiger partial charge on any atom is -0.457 e. The molecular formula is C37H63NO24. The Morgan fingerprint density at radius 1 is 0.500 bits per heavy atom. The molecule has 5 aliphatic heterocycles. The molecule has 0 aliphatic carbocycles. The molecule has 0 radical (unpaired) electrons. The molecule has 5 aliphatic rings. The lowest BCUT2D eigenvalue weighted by atomic mass is 9.94. The number of carbonyl (C=O) groups excluding carboxylic acids is 2. The molecule has 360 valence electrons. The highest BCUT2D eigenvalue weighted by Gasteiger charge is 2.58. The number of rotatable bonds is 15. The molecule has 25 heteroatoms. The van der Waals surface area contributed by atoms with Gasteiger partial charge >= 0.3 is 5.97 Å². The fourth-order valence-corrected chi connectivity index (χ4v) is 7.88. The van der Waals surface area contributed by atoms with E-state index >= 15 is 0 Å². The number of aliphatic hydroxyl groups excluding tert-OH is 11. The molecule has 5 heterocycles. The van der Waals surface area contributed by atoms with Gasteiger partial charge in [-0.1, -0.05) is 6.92 Å². The molecule has 0 aromatic heterocycles. The second-order valence-electron chi connectivity index (χ2n) is 16.1. The van der Waals surface area contributed by atoms with Crippen LogP contribution in [0.2, 0.25) is 0 Å². The first-order valence-corrected chi connectivity index (χ1v) is 20.5. The van der Waals surface area contributed by atoms with Crippen molar-refractivity contribution in [3.05, 3.63) is 0 Å². The van der Waals surface area contributed by atoms with E-state index in [1.54, 1.807) is 6.92 Å². The van der Waals surface area contributed by atoms with E-state index in [0.717, 1.165) is 13.8 Å². The first-order valence-electron chi connectivity index (χ1n) is 20.5. The van der Waals surface area contributed by atoms with Crippen LogP contribution in [0.1, 0.15) is 48.0 Å². The minimum atomic E-state index is -2.00. The summed E-state index contributed by atoms with van der Waals surface area (Å²) in [6.45, 7) is 6.53. The van der Waals surface area contributed by atoms with E-state index < -0.39 is 179 Å². The Morgan fingerprint density at radius 2 is 1.00 bits per heavy atom. The molecular weight excluding hydrogens is 842 g/mol. The predicted molar refractivity (Wildman–Crippen MR) is 197 cm³/mol. The van der Waals surface area contributed by atoms with Crippen LogP contribution in [0, 0.1) is 0 Å². The Labute approximate surface area is 356 Å². The lowest BCUT2D eigenvalue weighted by molar-refractivity contribution is -0.405. The van der Waals surface area contributed by atoms with Crippen molar-refractivity contribution >= 4 is 11.9 Å². The van der Waals surface area contributed by atoms with Crippen LogP contribution in [0.3, 0.4) is 0 Å². The second kappa shape index (κ2) is 22.1. The van der Waals surface area contributed by atoms with Gasteiger partial charge in [0.1, 0.15) is 97.6 Å². The Kier molecular flexibility index (Phi) is 18.2. The molecule has 0 spiro atoms. The molecule has 62 heavy (non-hydrogen) atoms. The Balaban J connectivity index is 1.55. The number of hydrogen-bond donors (Lipinski definition) is 12. The van der Waals surface area contributed by atoms with Crippen LogP contribution < -0.4 is 5.32 Å². The second-order valence-corrected chi connectivity index (χ2v) is 16.1. The third-order valence-electron chi connectivity index (χ3n) is 11.3. The highest BCUT2D eigenvalue weighted by Crippen LogP contribution is 2.37. The van der Waals surface area contributed by atoms with Gasteiger partial charge < -0.3 is 114 Å². The van der Waals surface area contributed by atoms with E-state index in [1.807, 2.05) is 0 Å². The van der Waals surface area contributed by atoms with Crippen molar-refractivity contribution in [3.63, 3.8) is 0 Å². The number of aliphatic hydroxyl groups is 11. The molecule has 5 saturated heterocycles. The summed E-state index contributed by atoms with van der Waals surface area (Å²) in [4.78, 5) is 24.7. The maximum atomic E-state index is 12.8. The fourth-order valence-electron chi connectivity index (χ4n) is 7.88. The standard InChI is InChI=1S/C37H63NO24/c1-7-8-52-36-31(25(49)19(43)11(2)54-36)61-37-32(30(21(45)13(4)55-37)60-34-26(50)24(48)22(46)16(9-39)58-34)62-33-18(38-14(5)41)28(23(47)17(10-40)57-33)59-35-27(51)29(56-15(6)42)20(44)12(3)53-35/h11-13,16-37,39-40,43-51H,7-10H2,1-6H3,(H,38,41)/t11-,12-,13-,16+,17+,18+,19-,20-,21-,22+,23+,24-,25+,26+,27+,28+,29+,30+,31+,32+,33-,34+,35-,36+,37-/m0/s1. The smallest absolute Gasteiger partial charge is 0.303 e. The molecule has 0 saturated carbocycles. The van der Waals surface area contributed by atoms with Crippen molar-refractivity contribution in [1.29, 1.82) is 0 Å². The van der Waals surface area contributed by atoms with Crippen LogP contribution in [0.4, 0.5) is 0 Å². The predicted octanol–water partition coefficient (Wildman–Crippen LogP) is -6.69. The zero-order valence-corrected chi connectivity index (χ0v) is 35.0. The van der Waals surface area contributed by atoms with Gasteiger partial charge in [0, 0.05) is 20.5 Å². The largest absolute Gasteiger partial charge is 0.457 e. The van der Waals surface area contributed by atoms with Crippen LogP contribution in [0.25, 0.3) is 0 Å². The van der Waals surface area contributed by atoms with E-state index in [1.165, 1.54) is 20.8 Å². The van der Waals surface area contributed by atoms with Crippen molar-refractivity contribution in [2.45, 2.75) is 201 Å². The summed E-state index contributed by atoms with van der Waals surface area (Å²) in [6, 6.07) is -1.65. The number of hydrogen-bond acceptors (Lipinski definition) is 24. The molecule has 25 atom stereocenters. The van der Waals surface area contributed by atoms with Gasteiger partial charge in [0.25, 0.3) is 0 Å². The highest BCUT2D eigenvalue weighted by molar-refractivity contribution is 5.73. The molecule has 25 nitrogen and oxygen atoms in total. The highest BCUT2D eigenvalue weighted by atomic mass is 16.8. The molecule has 0 bridgehead atoms. The molecule has 5 rings (SSSR count). The van der Waals surface area contributed by atoms with E-state index in [0.29, 0.717) is 6.42 Å². The molecule has 0 aromatic rings. The zero-order valence-electron chi connectivity index (χ0n) is 35.0.